The van der Waals surface area contributed by atoms with E-state index in [-0.39, 0.29) is 0 Å². The van der Waals surface area contributed by atoms with Crippen molar-refractivity contribution in [3.05, 3.63) is 29.3 Å². The van der Waals surface area contributed by atoms with Crippen LogP contribution in [0.5, 0.6) is 5.75 Å². The summed E-state index contributed by atoms with van der Waals surface area (Å²) >= 11 is 0. The molecule has 0 radical (unpaired) electrons. The molecular formula is C16H23NO. The average molecular weight is 245 g/mol. The predicted molar refractivity (Wildman–Crippen MR) is 74.1 cm³/mol. The number of rotatable bonds is 1. The standard InChI is InChI=1S/C16H23NO/c17-14-8-2-1-5-13(11-14)15-9-3-6-12-7-4-10-18-16(12)15/h3,6,9,13-14H,1-2,4-5,7-8,10-11,17H2. The number of hydrogen-bond acceptors (Lipinski definition) is 2. The summed E-state index contributed by atoms with van der Waals surface area (Å²) in [4.78, 5) is 0. The van der Waals surface area contributed by atoms with E-state index in [1.54, 1.807) is 0 Å². The van der Waals surface area contributed by atoms with Gasteiger partial charge in [-0.25, -0.2) is 0 Å². The number of benzene rings is 1. The first kappa shape index (κ1) is 12.0. The topological polar surface area (TPSA) is 35.2 Å². The molecular weight excluding hydrogens is 222 g/mol. The van der Waals surface area contributed by atoms with Crippen LogP contribution in [0.4, 0.5) is 0 Å². The average Bonchev–Trinajstić information content (AvgIpc) is 2.63. The molecule has 2 nitrogen and oxygen atoms in total. The largest absolute Gasteiger partial charge is 0.493 e. The van der Waals surface area contributed by atoms with Crippen LogP contribution >= 0.6 is 0 Å². The molecule has 2 unspecified atom stereocenters. The van der Waals surface area contributed by atoms with Crippen LogP contribution in [-0.4, -0.2) is 12.6 Å². The Balaban J connectivity index is 1.90. The van der Waals surface area contributed by atoms with Crippen LogP contribution in [0, 0.1) is 0 Å². The number of nitrogens with two attached hydrogens (primary N) is 1. The lowest BCUT2D eigenvalue weighted by atomic mass is 9.87. The molecule has 1 heterocycles. The molecule has 2 aliphatic rings. The number of aryl methyl sites for hydroxylation is 1. The maximum atomic E-state index is 6.20. The Bertz CT molecular complexity index is 416. The number of ether oxygens (including phenoxy) is 1. The molecule has 2 heteroatoms. The van der Waals surface area contributed by atoms with Crippen LogP contribution in [-0.2, 0) is 6.42 Å². The molecule has 98 valence electrons. The minimum absolute atomic E-state index is 0.372. The first-order chi connectivity index (χ1) is 8.84. The van der Waals surface area contributed by atoms with E-state index in [9.17, 15) is 0 Å². The summed E-state index contributed by atoms with van der Waals surface area (Å²) in [7, 11) is 0. The molecule has 1 aliphatic heterocycles. The van der Waals surface area contributed by atoms with Gasteiger partial charge < -0.3 is 10.5 Å². The van der Waals surface area contributed by atoms with Crippen molar-refractivity contribution in [2.75, 3.05) is 6.61 Å². The van der Waals surface area contributed by atoms with E-state index in [1.165, 1.54) is 49.0 Å². The fourth-order valence-electron chi connectivity index (χ4n) is 3.42. The predicted octanol–water partition coefficient (Wildman–Crippen LogP) is 3.39. The zero-order chi connectivity index (χ0) is 12.4. The van der Waals surface area contributed by atoms with Gasteiger partial charge in [-0.1, -0.05) is 31.0 Å². The number of fused-ring (bicyclic) bond motifs is 1. The SMILES string of the molecule is NC1CCCCC(c2cccc3c2OCCC3)C1. The van der Waals surface area contributed by atoms with Crippen molar-refractivity contribution in [1.82, 2.24) is 0 Å². The lowest BCUT2D eigenvalue weighted by Gasteiger charge is -2.25. The van der Waals surface area contributed by atoms with Crippen molar-refractivity contribution in [1.29, 1.82) is 0 Å². The van der Waals surface area contributed by atoms with Crippen molar-refractivity contribution in [2.24, 2.45) is 5.73 Å². The molecule has 2 N–H and O–H groups in total. The summed E-state index contributed by atoms with van der Waals surface area (Å²) in [5, 5.41) is 0. The Kier molecular flexibility index (Phi) is 3.55. The second kappa shape index (κ2) is 5.31. The molecule has 0 bridgehead atoms. The highest BCUT2D eigenvalue weighted by molar-refractivity contribution is 5.44. The minimum Gasteiger partial charge on any atom is -0.493 e. The van der Waals surface area contributed by atoms with E-state index in [4.69, 9.17) is 10.5 Å². The summed E-state index contributed by atoms with van der Waals surface area (Å²) in [6.45, 7) is 0.878. The van der Waals surface area contributed by atoms with Crippen LogP contribution < -0.4 is 10.5 Å². The molecule has 1 fully saturated rings. The Morgan fingerprint density at radius 3 is 2.94 bits per heavy atom. The molecule has 0 saturated heterocycles. The van der Waals surface area contributed by atoms with Gasteiger partial charge in [0, 0.05) is 6.04 Å². The highest BCUT2D eigenvalue weighted by atomic mass is 16.5. The first-order valence-corrected chi connectivity index (χ1v) is 7.35. The van der Waals surface area contributed by atoms with Gasteiger partial charge in [0.2, 0.25) is 0 Å². The third-order valence-corrected chi connectivity index (χ3v) is 4.37. The second-order valence-corrected chi connectivity index (χ2v) is 5.76. The zero-order valence-electron chi connectivity index (χ0n) is 11.0. The fourth-order valence-corrected chi connectivity index (χ4v) is 3.42. The van der Waals surface area contributed by atoms with E-state index in [2.05, 4.69) is 18.2 Å². The maximum Gasteiger partial charge on any atom is 0.125 e. The van der Waals surface area contributed by atoms with E-state index in [1.807, 2.05) is 0 Å². The smallest absolute Gasteiger partial charge is 0.125 e. The molecule has 1 aromatic carbocycles. The van der Waals surface area contributed by atoms with Gasteiger partial charge in [-0.2, -0.15) is 0 Å². The third-order valence-electron chi connectivity index (χ3n) is 4.37. The van der Waals surface area contributed by atoms with Gasteiger partial charge in [-0.15, -0.1) is 0 Å². The van der Waals surface area contributed by atoms with E-state index >= 15 is 0 Å². The lowest BCUT2D eigenvalue weighted by Crippen LogP contribution is -2.21. The quantitative estimate of drug-likeness (QED) is 0.770. The third kappa shape index (κ3) is 2.39. The maximum absolute atomic E-state index is 6.20. The van der Waals surface area contributed by atoms with Crippen LogP contribution in [0.3, 0.4) is 0 Å². The summed E-state index contributed by atoms with van der Waals surface area (Å²) in [6, 6.07) is 7.04. The Morgan fingerprint density at radius 1 is 1.11 bits per heavy atom. The monoisotopic (exact) mass is 245 g/mol. The summed E-state index contributed by atoms with van der Waals surface area (Å²) in [6.07, 6.45) is 8.50. The first-order valence-electron chi connectivity index (χ1n) is 7.35. The van der Waals surface area contributed by atoms with Crippen molar-refractivity contribution in [2.45, 2.75) is 56.9 Å². The molecule has 1 aromatic rings. The fraction of sp³-hybridized carbons (Fsp3) is 0.625. The van der Waals surface area contributed by atoms with Gasteiger partial charge in [-0.3, -0.25) is 0 Å². The van der Waals surface area contributed by atoms with Crippen molar-refractivity contribution < 1.29 is 4.74 Å². The molecule has 0 spiro atoms. The molecule has 0 aromatic heterocycles. The Labute approximate surface area is 110 Å². The second-order valence-electron chi connectivity index (χ2n) is 5.76. The molecule has 0 amide bonds. The van der Waals surface area contributed by atoms with Gasteiger partial charge >= 0.3 is 0 Å². The lowest BCUT2D eigenvalue weighted by molar-refractivity contribution is 0.282. The van der Waals surface area contributed by atoms with Gasteiger partial charge in [0.1, 0.15) is 5.75 Å². The van der Waals surface area contributed by atoms with Crippen LogP contribution in [0.25, 0.3) is 0 Å². The van der Waals surface area contributed by atoms with Crippen LogP contribution in [0.2, 0.25) is 0 Å². The number of para-hydroxylation sites is 1. The summed E-state index contributed by atoms with van der Waals surface area (Å²) < 4.78 is 5.94. The zero-order valence-corrected chi connectivity index (χ0v) is 11.0. The molecule has 18 heavy (non-hydrogen) atoms. The molecule has 2 atom stereocenters. The summed E-state index contributed by atoms with van der Waals surface area (Å²) in [5.74, 6) is 1.79. The highest BCUT2D eigenvalue weighted by Gasteiger charge is 2.24. The summed E-state index contributed by atoms with van der Waals surface area (Å²) in [5.41, 5.74) is 9.02. The van der Waals surface area contributed by atoms with E-state index < -0.39 is 0 Å². The van der Waals surface area contributed by atoms with Crippen LogP contribution in [0.1, 0.15) is 55.6 Å². The Morgan fingerprint density at radius 2 is 2.00 bits per heavy atom. The molecule has 1 saturated carbocycles. The number of hydrogen-bond donors (Lipinski definition) is 1. The Hall–Kier alpha value is -1.02. The van der Waals surface area contributed by atoms with Gasteiger partial charge in [0.25, 0.3) is 0 Å². The van der Waals surface area contributed by atoms with Gasteiger partial charge in [-0.05, 0) is 49.1 Å². The van der Waals surface area contributed by atoms with Crippen molar-refractivity contribution >= 4 is 0 Å². The minimum atomic E-state index is 0.372. The van der Waals surface area contributed by atoms with Crippen molar-refractivity contribution in [3.8, 4) is 5.75 Å². The van der Waals surface area contributed by atoms with Gasteiger partial charge in [0.15, 0.2) is 0 Å². The highest BCUT2D eigenvalue weighted by Crippen LogP contribution is 2.39. The molecule has 1 aliphatic carbocycles. The van der Waals surface area contributed by atoms with Crippen molar-refractivity contribution in [3.63, 3.8) is 0 Å². The van der Waals surface area contributed by atoms with Crippen LogP contribution in [0.15, 0.2) is 18.2 Å². The normalized spacial score (nSPS) is 28.1. The van der Waals surface area contributed by atoms with E-state index in [0.29, 0.717) is 12.0 Å². The van der Waals surface area contributed by atoms with E-state index in [0.717, 1.165) is 19.4 Å². The molecule has 3 rings (SSSR count). The van der Waals surface area contributed by atoms with Gasteiger partial charge in [0.05, 0.1) is 6.61 Å².